The molecule has 1 heterocycles. The minimum Gasteiger partial charge on any atom is -0.222 e. The van der Waals surface area contributed by atoms with Crippen molar-refractivity contribution in [3.63, 3.8) is 0 Å². The zero-order valence-corrected chi connectivity index (χ0v) is 5.01. The molecular weight excluding hydrogens is 195 g/mol. The van der Waals surface area contributed by atoms with Gasteiger partial charge in [0.2, 0.25) is 0 Å². The Kier molecular flexibility index (Phi) is 1.20. The molecule has 0 aromatic carbocycles. The molecule has 0 fully saturated rings. The Morgan fingerprint density at radius 2 is 2.50 bits per heavy atom. The van der Waals surface area contributed by atoms with Gasteiger partial charge in [0.25, 0.3) is 0 Å². The van der Waals surface area contributed by atoms with Gasteiger partial charge in [-0.1, -0.05) is 5.22 Å². The maximum absolute atomic E-state index is 3.63. The van der Waals surface area contributed by atoms with Crippen molar-refractivity contribution in [1.82, 2.24) is 11.0 Å². The van der Waals surface area contributed by atoms with Crippen molar-refractivity contribution in [2.75, 3.05) is 0 Å². The van der Waals surface area contributed by atoms with Crippen LogP contribution in [0.1, 0.15) is 0 Å². The molecule has 0 saturated carbocycles. The normalized spacial score (nSPS) is 30.5. The van der Waals surface area contributed by atoms with Crippen LogP contribution in [-0.4, -0.2) is 4.17 Å². The summed E-state index contributed by atoms with van der Waals surface area (Å²) in [6, 6.07) is 0. The lowest BCUT2D eigenvalue weighted by Gasteiger charge is -1.88. The average Bonchev–Trinajstić information content (AvgIpc) is 1.86. The van der Waals surface area contributed by atoms with Gasteiger partial charge in [-0.15, -0.1) is 5.11 Å². The first-order chi connectivity index (χ1) is 2.89. The number of nitrogens with zero attached hydrogens (tertiary/aromatic N) is 2. The predicted molar refractivity (Wildman–Crippen MR) is 28.9 cm³/mol. The molecule has 0 amide bonds. The van der Waals surface area contributed by atoms with E-state index in [-0.39, 0.29) is 4.17 Å². The summed E-state index contributed by atoms with van der Waals surface area (Å²) in [6.07, 6.45) is 0. The summed E-state index contributed by atoms with van der Waals surface area (Å²) in [6.45, 7) is 0. The molecule has 1 aliphatic rings. The van der Waals surface area contributed by atoms with Crippen LogP contribution in [0, 0.1) is 0 Å². The van der Waals surface area contributed by atoms with Crippen LogP contribution in [0.4, 0.5) is 0 Å². The minimum atomic E-state index is 0.114. The maximum atomic E-state index is 3.63. The first-order valence-electron chi connectivity index (χ1n) is 1.44. The Labute approximate surface area is 48.5 Å². The molecule has 1 rings (SSSR count). The molecule has 4 nitrogen and oxygen atoms in total. The Morgan fingerprint density at radius 3 is 2.67 bits per heavy atom. The van der Waals surface area contributed by atoms with Crippen LogP contribution < -0.4 is 11.0 Å². The van der Waals surface area contributed by atoms with E-state index in [1.807, 2.05) is 0 Å². The molecule has 6 heavy (non-hydrogen) atoms. The van der Waals surface area contributed by atoms with Gasteiger partial charge in [-0.3, -0.25) is 0 Å². The average molecular weight is 198 g/mol. The highest BCUT2D eigenvalue weighted by Gasteiger charge is 2.00. The predicted octanol–water partition coefficient (Wildman–Crippen LogP) is 0.180. The molecule has 2 N–H and O–H groups in total. The zero-order valence-electron chi connectivity index (χ0n) is 2.85. The lowest BCUT2D eigenvalue weighted by atomic mass is 11.2. The molecule has 0 radical (unpaired) electrons. The molecule has 0 bridgehead atoms. The highest BCUT2D eigenvalue weighted by atomic mass is 127. The van der Waals surface area contributed by atoms with Crippen LogP contribution in [0.2, 0.25) is 0 Å². The number of hydrogen-bond acceptors (Lipinski definition) is 4. The number of hydrazine groups is 1. The fraction of sp³-hybridized carbons (Fsp3) is 1.00. The van der Waals surface area contributed by atoms with E-state index < -0.39 is 0 Å². The van der Waals surface area contributed by atoms with Gasteiger partial charge in [0.1, 0.15) is 0 Å². The van der Waals surface area contributed by atoms with Crippen molar-refractivity contribution in [3.05, 3.63) is 0 Å². The molecular formula is CH3IN4. The highest BCUT2D eigenvalue weighted by molar-refractivity contribution is 14.1. The van der Waals surface area contributed by atoms with Crippen LogP contribution in [0.25, 0.3) is 0 Å². The summed E-state index contributed by atoms with van der Waals surface area (Å²) >= 11 is 2.10. The lowest BCUT2D eigenvalue weighted by Crippen LogP contribution is -2.25. The van der Waals surface area contributed by atoms with Gasteiger partial charge in [-0.2, -0.15) is 5.43 Å². The summed E-state index contributed by atoms with van der Waals surface area (Å²) in [5.41, 5.74) is 5.20. The van der Waals surface area contributed by atoms with E-state index in [9.17, 15) is 0 Å². The monoisotopic (exact) mass is 198 g/mol. The SMILES string of the molecule is IC1N=NNN1. The summed E-state index contributed by atoms with van der Waals surface area (Å²) in [4.78, 5) is 0. The van der Waals surface area contributed by atoms with Gasteiger partial charge >= 0.3 is 0 Å². The van der Waals surface area contributed by atoms with E-state index in [0.29, 0.717) is 0 Å². The number of halogens is 1. The van der Waals surface area contributed by atoms with Crippen molar-refractivity contribution in [2.45, 2.75) is 4.17 Å². The Bertz CT molecular complexity index is 69.9. The van der Waals surface area contributed by atoms with Crippen LogP contribution in [0.3, 0.4) is 0 Å². The summed E-state index contributed by atoms with van der Waals surface area (Å²) in [7, 11) is 0. The second-order valence-electron chi connectivity index (χ2n) is 0.807. The molecule has 0 spiro atoms. The van der Waals surface area contributed by atoms with Crippen LogP contribution in [0.5, 0.6) is 0 Å². The van der Waals surface area contributed by atoms with Crippen molar-refractivity contribution in [3.8, 4) is 0 Å². The van der Waals surface area contributed by atoms with Gasteiger partial charge in [0.05, 0.1) is 0 Å². The van der Waals surface area contributed by atoms with Crippen LogP contribution >= 0.6 is 22.6 Å². The first kappa shape index (κ1) is 4.25. The van der Waals surface area contributed by atoms with Gasteiger partial charge in [0, 0.05) is 0 Å². The van der Waals surface area contributed by atoms with Crippen molar-refractivity contribution in [1.29, 1.82) is 0 Å². The van der Waals surface area contributed by atoms with Crippen molar-refractivity contribution in [2.24, 2.45) is 10.3 Å². The van der Waals surface area contributed by atoms with Crippen molar-refractivity contribution < 1.29 is 0 Å². The quantitative estimate of drug-likeness (QED) is 0.331. The second kappa shape index (κ2) is 1.69. The Balaban J connectivity index is 2.38. The smallest absolute Gasteiger partial charge is 0.192 e. The second-order valence-corrected chi connectivity index (χ2v) is 1.99. The Hall–Kier alpha value is 0.0900. The molecule has 1 atom stereocenters. The molecule has 1 unspecified atom stereocenters. The van der Waals surface area contributed by atoms with E-state index in [2.05, 4.69) is 43.9 Å². The number of rotatable bonds is 0. The van der Waals surface area contributed by atoms with Gasteiger partial charge in [-0.25, -0.2) is 5.53 Å². The van der Waals surface area contributed by atoms with E-state index in [4.69, 9.17) is 0 Å². The third kappa shape index (κ3) is 0.777. The number of alkyl halides is 1. The molecule has 1 aliphatic heterocycles. The van der Waals surface area contributed by atoms with Gasteiger partial charge in [-0.05, 0) is 22.6 Å². The van der Waals surface area contributed by atoms with Crippen molar-refractivity contribution >= 4 is 22.6 Å². The standard InChI is InChI=1S/CH3IN4/c2-1-3-5-6-4-1/h1H,(H,3,6)(H,4,5). The zero-order chi connectivity index (χ0) is 4.41. The van der Waals surface area contributed by atoms with Gasteiger partial charge < -0.3 is 0 Å². The summed E-state index contributed by atoms with van der Waals surface area (Å²) in [5, 5.41) is 7.05. The fourth-order valence-electron chi connectivity index (χ4n) is 0.191. The number of nitrogens with one attached hydrogen (secondary N) is 2. The maximum Gasteiger partial charge on any atom is 0.192 e. The molecule has 0 aliphatic carbocycles. The fourth-order valence-corrected chi connectivity index (χ4v) is 0.454. The third-order valence-electron chi connectivity index (χ3n) is 0.393. The molecule has 0 aromatic heterocycles. The highest BCUT2D eigenvalue weighted by Crippen LogP contribution is 1.98. The molecule has 34 valence electrons. The van der Waals surface area contributed by atoms with Gasteiger partial charge in [0.15, 0.2) is 4.17 Å². The molecule has 0 saturated heterocycles. The Morgan fingerprint density at radius 1 is 1.67 bits per heavy atom. The molecule has 0 aromatic rings. The first-order valence-corrected chi connectivity index (χ1v) is 2.68. The number of hydrogen-bond donors (Lipinski definition) is 2. The lowest BCUT2D eigenvalue weighted by molar-refractivity contribution is 0.641. The van der Waals surface area contributed by atoms with E-state index in [1.165, 1.54) is 0 Å². The summed E-state index contributed by atoms with van der Waals surface area (Å²) in [5.74, 6) is 0. The summed E-state index contributed by atoms with van der Waals surface area (Å²) < 4.78 is 0.114. The molecule has 5 heteroatoms. The third-order valence-corrected chi connectivity index (χ3v) is 0.953. The van der Waals surface area contributed by atoms with E-state index in [0.717, 1.165) is 0 Å². The largest absolute Gasteiger partial charge is 0.222 e. The van der Waals surface area contributed by atoms with E-state index in [1.54, 1.807) is 0 Å². The van der Waals surface area contributed by atoms with E-state index >= 15 is 0 Å². The van der Waals surface area contributed by atoms with Crippen LogP contribution in [-0.2, 0) is 0 Å². The topological polar surface area (TPSA) is 48.8 Å². The minimum absolute atomic E-state index is 0.114. The van der Waals surface area contributed by atoms with Crippen LogP contribution in [0.15, 0.2) is 10.3 Å².